The largest absolute Gasteiger partial charge is 0.418 e. The molecule has 0 unspecified atom stereocenters. The first-order valence-corrected chi connectivity index (χ1v) is 9.52. The predicted molar refractivity (Wildman–Crippen MR) is 110 cm³/mol. The predicted octanol–water partition coefficient (Wildman–Crippen LogP) is 3.28. The van der Waals surface area contributed by atoms with Crippen LogP contribution in [0.3, 0.4) is 0 Å². The summed E-state index contributed by atoms with van der Waals surface area (Å²) >= 11 is 0. The number of hydrogen-bond donors (Lipinski definition) is 4. The zero-order valence-corrected chi connectivity index (χ0v) is 16.5. The number of anilines is 3. The number of hydrazine groups is 1. The summed E-state index contributed by atoms with van der Waals surface area (Å²) in [5.74, 6) is -0.822. The van der Waals surface area contributed by atoms with Crippen LogP contribution in [0.15, 0.2) is 55.1 Å². The minimum Gasteiger partial charge on any atom is -0.355 e. The van der Waals surface area contributed by atoms with E-state index in [0.29, 0.717) is 29.8 Å². The lowest BCUT2D eigenvalue weighted by molar-refractivity contribution is -0.136. The van der Waals surface area contributed by atoms with Crippen molar-refractivity contribution in [2.75, 3.05) is 17.3 Å². The fourth-order valence-electron chi connectivity index (χ4n) is 3.32. The quantitative estimate of drug-likeness (QED) is 0.452. The Labute approximate surface area is 180 Å². The maximum absolute atomic E-state index is 13.6. The van der Waals surface area contributed by atoms with Crippen molar-refractivity contribution in [1.29, 1.82) is 0 Å². The number of carbonyl (C=O) groups excluding carboxylic acids is 2. The second-order valence-electron chi connectivity index (χ2n) is 6.93. The highest BCUT2D eigenvalue weighted by atomic mass is 19.4. The molecule has 1 aliphatic heterocycles. The third-order valence-corrected chi connectivity index (χ3v) is 4.82. The fourth-order valence-corrected chi connectivity index (χ4v) is 3.32. The molecule has 4 rings (SSSR count). The van der Waals surface area contributed by atoms with E-state index < -0.39 is 17.6 Å². The molecule has 0 saturated carbocycles. The number of benzene rings is 2. The van der Waals surface area contributed by atoms with E-state index in [1.165, 1.54) is 30.9 Å². The zero-order chi connectivity index (χ0) is 22.7. The molecule has 1 aliphatic rings. The molecule has 0 bridgehead atoms. The third-order valence-electron chi connectivity index (χ3n) is 4.82. The highest BCUT2D eigenvalue weighted by molar-refractivity contribution is 5.98. The van der Waals surface area contributed by atoms with Crippen LogP contribution in [0.2, 0.25) is 0 Å². The van der Waals surface area contributed by atoms with Gasteiger partial charge in [-0.3, -0.25) is 20.4 Å². The maximum Gasteiger partial charge on any atom is 0.418 e. The molecule has 2 heterocycles. The molecule has 0 saturated heterocycles. The summed E-state index contributed by atoms with van der Waals surface area (Å²) in [5, 5.41) is 5.52. The topological polar surface area (TPSA) is 108 Å². The molecule has 32 heavy (non-hydrogen) atoms. The summed E-state index contributed by atoms with van der Waals surface area (Å²) in [7, 11) is 0. The smallest absolute Gasteiger partial charge is 0.355 e. The Hall–Kier alpha value is -4.15. The Morgan fingerprint density at radius 3 is 2.59 bits per heavy atom. The number of fused-ring (bicyclic) bond motifs is 1. The molecule has 164 valence electrons. The number of nitrogens with one attached hydrogen (secondary N) is 4. The molecule has 0 spiro atoms. The monoisotopic (exact) mass is 442 g/mol. The van der Waals surface area contributed by atoms with Gasteiger partial charge in [0, 0.05) is 30.2 Å². The first-order chi connectivity index (χ1) is 15.3. The van der Waals surface area contributed by atoms with Gasteiger partial charge in [0.15, 0.2) is 0 Å². The van der Waals surface area contributed by atoms with Crippen LogP contribution in [0, 0.1) is 0 Å². The molecule has 0 fully saturated rings. The van der Waals surface area contributed by atoms with Gasteiger partial charge in [-0.2, -0.15) is 13.2 Å². The van der Waals surface area contributed by atoms with Crippen LogP contribution in [-0.4, -0.2) is 28.3 Å². The molecular weight excluding hydrogens is 425 g/mol. The van der Waals surface area contributed by atoms with E-state index in [0.717, 1.165) is 6.07 Å². The highest BCUT2D eigenvalue weighted by Crippen LogP contribution is 2.38. The van der Waals surface area contributed by atoms with E-state index >= 15 is 0 Å². The second kappa shape index (κ2) is 8.53. The van der Waals surface area contributed by atoms with Gasteiger partial charge in [0.25, 0.3) is 11.8 Å². The van der Waals surface area contributed by atoms with E-state index in [1.807, 2.05) is 0 Å². The molecule has 0 aliphatic carbocycles. The van der Waals surface area contributed by atoms with Crippen molar-refractivity contribution in [2.45, 2.75) is 12.6 Å². The first kappa shape index (κ1) is 21.1. The van der Waals surface area contributed by atoms with Gasteiger partial charge in [-0.05, 0) is 42.3 Å². The van der Waals surface area contributed by atoms with E-state index in [4.69, 9.17) is 0 Å². The van der Waals surface area contributed by atoms with Crippen molar-refractivity contribution in [3.63, 3.8) is 0 Å². The molecule has 2 aromatic carbocycles. The van der Waals surface area contributed by atoms with Gasteiger partial charge in [-0.15, -0.1) is 0 Å². The highest BCUT2D eigenvalue weighted by Gasteiger charge is 2.34. The summed E-state index contributed by atoms with van der Waals surface area (Å²) in [6.45, 7) is 0.396. The molecule has 1 aromatic heterocycles. The van der Waals surface area contributed by atoms with Crippen molar-refractivity contribution in [3.8, 4) is 0 Å². The van der Waals surface area contributed by atoms with E-state index in [1.54, 1.807) is 18.2 Å². The molecule has 4 N–H and O–H groups in total. The average Bonchev–Trinajstić information content (AvgIpc) is 2.78. The summed E-state index contributed by atoms with van der Waals surface area (Å²) in [4.78, 5) is 31.7. The van der Waals surface area contributed by atoms with Gasteiger partial charge < -0.3 is 10.6 Å². The SMILES string of the molecule is O=C(NNc1ccc(C(F)(F)F)c(Nc2cccc3c2CCNC3=O)c1)c1cncnc1. The number of hydrogen-bond acceptors (Lipinski definition) is 6. The van der Waals surface area contributed by atoms with Crippen LogP contribution in [0.1, 0.15) is 31.8 Å². The van der Waals surface area contributed by atoms with Crippen molar-refractivity contribution in [1.82, 2.24) is 20.7 Å². The maximum atomic E-state index is 13.6. The minimum atomic E-state index is -4.61. The van der Waals surface area contributed by atoms with Crippen molar-refractivity contribution < 1.29 is 22.8 Å². The lowest BCUT2D eigenvalue weighted by atomic mass is 9.98. The number of aromatic nitrogens is 2. The lowest BCUT2D eigenvalue weighted by Gasteiger charge is -2.22. The zero-order valence-electron chi connectivity index (χ0n) is 16.5. The van der Waals surface area contributed by atoms with Gasteiger partial charge in [0.05, 0.1) is 22.5 Å². The van der Waals surface area contributed by atoms with E-state index in [9.17, 15) is 22.8 Å². The first-order valence-electron chi connectivity index (χ1n) is 9.52. The molecule has 3 aromatic rings. The van der Waals surface area contributed by atoms with Crippen LogP contribution in [-0.2, 0) is 12.6 Å². The number of halogens is 3. The van der Waals surface area contributed by atoms with E-state index in [-0.39, 0.29) is 22.8 Å². The summed E-state index contributed by atoms with van der Waals surface area (Å²) in [6, 6.07) is 8.18. The number of rotatable bonds is 5. The fraction of sp³-hybridized carbons (Fsp3) is 0.143. The van der Waals surface area contributed by atoms with Crippen LogP contribution in [0.5, 0.6) is 0 Å². The Bertz CT molecular complexity index is 1170. The Balaban J connectivity index is 1.61. The van der Waals surface area contributed by atoms with Crippen molar-refractivity contribution in [3.05, 3.63) is 77.4 Å². The minimum absolute atomic E-state index is 0.180. The summed E-state index contributed by atoms with van der Waals surface area (Å²) < 4.78 is 40.8. The molecule has 11 heteroatoms. The normalized spacial score (nSPS) is 13.0. The van der Waals surface area contributed by atoms with Crippen molar-refractivity contribution in [2.24, 2.45) is 0 Å². The van der Waals surface area contributed by atoms with Crippen LogP contribution >= 0.6 is 0 Å². The van der Waals surface area contributed by atoms with Gasteiger partial charge in [0.1, 0.15) is 6.33 Å². The molecular formula is C21H17F3N6O2. The number of amides is 2. The molecule has 0 atom stereocenters. The van der Waals surface area contributed by atoms with Crippen LogP contribution in [0.4, 0.5) is 30.2 Å². The van der Waals surface area contributed by atoms with Gasteiger partial charge in [-0.1, -0.05) is 6.07 Å². The molecule has 2 amide bonds. The third kappa shape index (κ3) is 4.46. The van der Waals surface area contributed by atoms with Crippen molar-refractivity contribution >= 4 is 28.9 Å². The molecule has 8 nitrogen and oxygen atoms in total. The Morgan fingerprint density at radius 1 is 1.06 bits per heavy atom. The number of nitrogens with zero attached hydrogens (tertiary/aromatic N) is 2. The van der Waals surface area contributed by atoms with Crippen LogP contribution < -0.4 is 21.5 Å². The van der Waals surface area contributed by atoms with E-state index in [2.05, 4.69) is 31.5 Å². The van der Waals surface area contributed by atoms with Crippen LogP contribution in [0.25, 0.3) is 0 Å². The second-order valence-corrected chi connectivity index (χ2v) is 6.93. The Morgan fingerprint density at radius 2 is 1.84 bits per heavy atom. The van der Waals surface area contributed by atoms with Gasteiger partial charge in [0.2, 0.25) is 0 Å². The molecule has 0 radical (unpaired) electrons. The van der Waals surface area contributed by atoms with Gasteiger partial charge in [-0.25, -0.2) is 9.97 Å². The van der Waals surface area contributed by atoms with Gasteiger partial charge >= 0.3 is 6.18 Å². The summed E-state index contributed by atoms with van der Waals surface area (Å²) in [5.41, 5.74) is 5.73. The average molecular weight is 442 g/mol. The summed E-state index contributed by atoms with van der Waals surface area (Å²) in [6.07, 6.45) is -0.253. The Kier molecular flexibility index (Phi) is 5.63. The number of alkyl halides is 3. The number of carbonyl (C=O) groups is 2. The standard InChI is InChI=1S/C21H17F3N6O2/c22-21(23,24)16-5-4-13(29-30-19(31)12-9-25-11-26-10-12)8-18(16)28-17-3-1-2-15-14(17)6-7-27-20(15)32/h1-5,8-11,28-29H,6-7H2,(H,27,32)(H,30,31). The lowest BCUT2D eigenvalue weighted by Crippen LogP contribution is -2.32.